The molecule has 0 aliphatic heterocycles. The van der Waals surface area contributed by atoms with E-state index in [9.17, 15) is 20.4 Å². The van der Waals surface area contributed by atoms with Crippen LogP contribution in [-0.2, 0) is 0 Å². The largest absolute Gasteiger partial charge is 0.497 e. The first-order valence-electron chi connectivity index (χ1n) is 11.2. The molecule has 4 atom stereocenters. The van der Waals surface area contributed by atoms with Crippen molar-refractivity contribution in [2.45, 2.75) is 31.3 Å². The molecular formula is C27H32O8. The van der Waals surface area contributed by atoms with Gasteiger partial charge in [0.15, 0.2) is 23.7 Å². The van der Waals surface area contributed by atoms with Crippen molar-refractivity contribution in [3.63, 3.8) is 0 Å². The van der Waals surface area contributed by atoms with Crippen LogP contribution in [0.2, 0.25) is 0 Å². The number of aliphatic hydroxyl groups is 4. The van der Waals surface area contributed by atoms with E-state index in [4.69, 9.17) is 18.9 Å². The fourth-order valence-corrected chi connectivity index (χ4v) is 3.55. The molecule has 188 valence electrons. The topological polar surface area (TPSA) is 118 Å². The minimum atomic E-state index is -1.15. The molecule has 0 unspecified atom stereocenters. The summed E-state index contributed by atoms with van der Waals surface area (Å²) in [6, 6.07) is 18.8. The zero-order valence-electron chi connectivity index (χ0n) is 20.0. The van der Waals surface area contributed by atoms with Gasteiger partial charge in [-0.25, -0.2) is 0 Å². The van der Waals surface area contributed by atoms with Gasteiger partial charge in [0.1, 0.15) is 23.7 Å². The maximum atomic E-state index is 10.8. The molecule has 4 N–H and O–H groups in total. The lowest BCUT2D eigenvalue weighted by Crippen LogP contribution is -2.30. The quantitative estimate of drug-likeness (QED) is 0.310. The van der Waals surface area contributed by atoms with Gasteiger partial charge in [-0.3, -0.25) is 0 Å². The zero-order chi connectivity index (χ0) is 25.4. The van der Waals surface area contributed by atoms with Crippen molar-refractivity contribution in [2.75, 3.05) is 27.4 Å². The number of ether oxygens (including phenoxy) is 4. The Bertz CT molecular complexity index is 1050. The van der Waals surface area contributed by atoms with Crippen LogP contribution in [0.5, 0.6) is 23.0 Å². The lowest BCUT2D eigenvalue weighted by atomic mass is 10.0. The van der Waals surface area contributed by atoms with E-state index in [0.29, 0.717) is 22.6 Å². The molecule has 0 saturated heterocycles. The van der Waals surface area contributed by atoms with Gasteiger partial charge in [0.2, 0.25) is 0 Å². The standard InChI is InChI=1S/C27H32O8/c1-17-4-9-21(10-5-17)34-24(15-28)27(31)19-8-13-22(23(14-19)33-3)35-25(16-29)26(30)18-6-11-20(32-2)12-7-18/h4-14,24-31H,15-16H2,1-3H3/t24-,25+,26-,27+/m0/s1. The smallest absolute Gasteiger partial charge is 0.161 e. The first-order valence-corrected chi connectivity index (χ1v) is 11.2. The Labute approximate surface area is 204 Å². The summed E-state index contributed by atoms with van der Waals surface area (Å²) < 4.78 is 22.2. The highest BCUT2D eigenvalue weighted by Gasteiger charge is 2.26. The van der Waals surface area contributed by atoms with Gasteiger partial charge >= 0.3 is 0 Å². The molecule has 0 aliphatic carbocycles. The first kappa shape index (κ1) is 26.3. The van der Waals surface area contributed by atoms with Crippen LogP contribution in [0.25, 0.3) is 0 Å². The zero-order valence-corrected chi connectivity index (χ0v) is 20.0. The van der Waals surface area contributed by atoms with Crippen molar-refractivity contribution in [1.29, 1.82) is 0 Å². The van der Waals surface area contributed by atoms with Crippen molar-refractivity contribution in [3.8, 4) is 23.0 Å². The third kappa shape index (κ3) is 6.64. The van der Waals surface area contributed by atoms with Crippen LogP contribution in [0.4, 0.5) is 0 Å². The second kappa shape index (κ2) is 12.4. The fraction of sp³-hybridized carbons (Fsp3) is 0.333. The molecule has 3 rings (SSSR count). The lowest BCUT2D eigenvalue weighted by molar-refractivity contribution is -0.00211. The highest BCUT2D eigenvalue weighted by atomic mass is 16.5. The Morgan fingerprint density at radius 3 is 1.74 bits per heavy atom. The molecule has 0 spiro atoms. The van der Waals surface area contributed by atoms with Gasteiger partial charge in [0.25, 0.3) is 0 Å². The second-order valence-electron chi connectivity index (χ2n) is 8.06. The van der Waals surface area contributed by atoms with Gasteiger partial charge in [-0.2, -0.15) is 0 Å². The highest BCUT2D eigenvalue weighted by Crippen LogP contribution is 2.34. The van der Waals surface area contributed by atoms with Crippen LogP contribution >= 0.6 is 0 Å². The molecule has 0 aliphatic rings. The number of benzene rings is 3. The van der Waals surface area contributed by atoms with E-state index in [1.165, 1.54) is 7.11 Å². The Hall–Kier alpha value is -3.30. The van der Waals surface area contributed by atoms with Crippen LogP contribution in [0, 0.1) is 6.92 Å². The van der Waals surface area contributed by atoms with Crippen LogP contribution < -0.4 is 18.9 Å². The van der Waals surface area contributed by atoms with Gasteiger partial charge in [-0.1, -0.05) is 35.9 Å². The number of hydrogen-bond donors (Lipinski definition) is 4. The Balaban J connectivity index is 1.75. The molecule has 35 heavy (non-hydrogen) atoms. The van der Waals surface area contributed by atoms with Crippen LogP contribution in [-0.4, -0.2) is 60.1 Å². The van der Waals surface area contributed by atoms with Crippen molar-refractivity contribution >= 4 is 0 Å². The van der Waals surface area contributed by atoms with Crippen LogP contribution in [0.1, 0.15) is 28.9 Å². The Kier molecular flexibility index (Phi) is 9.33. The Morgan fingerprint density at radius 1 is 0.629 bits per heavy atom. The number of aliphatic hydroxyl groups excluding tert-OH is 4. The van der Waals surface area contributed by atoms with E-state index >= 15 is 0 Å². The average molecular weight is 485 g/mol. The second-order valence-corrected chi connectivity index (χ2v) is 8.06. The molecule has 0 radical (unpaired) electrons. The maximum Gasteiger partial charge on any atom is 0.161 e. The molecule has 3 aromatic rings. The predicted molar refractivity (Wildman–Crippen MR) is 130 cm³/mol. The van der Waals surface area contributed by atoms with E-state index in [0.717, 1.165) is 5.56 Å². The summed E-state index contributed by atoms with van der Waals surface area (Å²) in [6.07, 6.45) is -4.13. The molecule has 3 aromatic carbocycles. The molecule has 0 bridgehead atoms. The van der Waals surface area contributed by atoms with E-state index < -0.39 is 37.6 Å². The average Bonchev–Trinajstić information content (AvgIpc) is 2.90. The van der Waals surface area contributed by atoms with Gasteiger partial charge in [0.05, 0.1) is 27.4 Å². The van der Waals surface area contributed by atoms with Gasteiger partial charge in [0, 0.05) is 0 Å². The SMILES string of the molecule is COc1ccc([C@H](O)[C@@H](CO)Oc2ccc([C@@H](O)[C@H](CO)Oc3ccc(C)cc3)cc2OC)cc1. The number of hydrogen-bond acceptors (Lipinski definition) is 8. The molecule has 8 heteroatoms. The summed E-state index contributed by atoms with van der Waals surface area (Å²) in [6.45, 7) is 1.10. The van der Waals surface area contributed by atoms with Crippen molar-refractivity contribution in [1.82, 2.24) is 0 Å². The summed E-state index contributed by atoms with van der Waals surface area (Å²) in [5.74, 6) is 1.73. The summed E-state index contributed by atoms with van der Waals surface area (Å²) in [5.41, 5.74) is 2.06. The minimum absolute atomic E-state index is 0.273. The monoisotopic (exact) mass is 484 g/mol. The normalized spacial score (nSPS) is 14.5. The summed E-state index contributed by atoms with van der Waals surface area (Å²) in [7, 11) is 2.99. The highest BCUT2D eigenvalue weighted by molar-refractivity contribution is 5.44. The third-order valence-electron chi connectivity index (χ3n) is 5.64. The number of aryl methyl sites for hydroxylation is 1. The van der Waals surface area contributed by atoms with E-state index in [1.54, 1.807) is 61.7 Å². The molecule has 0 heterocycles. The maximum absolute atomic E-state index is 10.8. The summed E-state index contributed by atoms with van der Waals surface area (Å²) in [4.78, 5) is 0. The van der Waals surface area contributed by atoms with E-state index in [1.807, 2.05) is 19.1 Å². The number of methoxy groups -OCH3 is 2. The Morgan fingerprint density at radius 2 is 1.17 bits per heavy atom. The van der Waals surface area contributed by atoms with Gasteiger partial charge in [-0.15, -0.1) is 0 Å². The van der Waals surface area contributed by atoms with Gasteiger partial charge in [-0.05, 0) is 54.4 Å². The number of rotatable bonds is 12. The van der Waals surface area contributed by atoms with Gasteiger partial charge < -0.3 is 39.4 Å². The molecule has 0 amide bonds. The lowest BCUT2D eigenvalue weighted by Gasteiger charge is -2.26. The molecule has 0 aromatic heterocycles. The molecule has 8 nitrogen and oxygen atoms in total. The van der Waals surface area contributed by atoms with Crippen LogP contribution in [0.3, 0.4) is 0 Å². The predicted octanol–water partition coefficient (Wildman–Crippen LogP) is 2.96. The van der Waals surface area contributed by atoms with Crippen molar-refractivity contribution < 1.29 is 39.4 Å². The minimum Gasteiger partial charge on any atom is -0.497 e. The van der Waals surface area contributed by atoms with Crippen LogP contribution in [0.15, 0.2) is 66.7 Å². The fourth-order valence-electron chi connectivity index (χ4n) is 3.55. The summed E-state index contributed by atoms with van der Waals surface area (Å²) in [5, 5.41) is 41.2. The molecule has 0 saturated carbocycles. The van der Waals surface area contributed by atoms with Crippen molar-refractivity contribution in [2.24, 2.45) is 0 Å². The van der Waals surface area contributed by atoms with E-state index in [2.05, 4.69) is 0 Å². The molecule has 0 fully saturated rings. The van der Waals surface area contributed by atoms with Crippen molar-refractivity contribution in [3.05, 3.63) is 83.4 Å². The summed E-state index contributed by atoms with van der Waals surface area (Å²) >= 11 is 0. The third-order valence-corrected chi connectivity index (χ3v) is 5.64. The molecular weight excluding hydrogens is 452 g/mol. The first-order chi connectivity index (χ1) is 16.9. The van der Waals surface area contributed by atoms with E-state index in [-0.39, 0.29) is 11.5 Å².